The number of hydrogen-bond acceptors (Lipinski definition) is 5. The van der Waals surface area contributed by atoms with Gasteiger partial charge >= 0.3 is 12.1 Å². The highest BCUT2D eigenvalue weighted by Gasteiger charge is 2.33. The molecule has 10 heteroatoms. The van der Waals surface area contributed by atoms with Crippen molar-refractivity contribution in [1.29, 1.82) is 0 Å². The predicted molar refractivity (Wildman–Crippen MR) is 106 cm³/mol. The SMILES string of the molecule is Cc1cccc2c(=O)n(CCC(=O)OCC(=O)Nc3ccccc3C(F)(F)F)cnc12. The van der Waals surface area contributed by atoms with E-state index in [0.29, 0.717) is 10.9 Å². The fraction of sp³-hybridized carbons (Fsp3) is 0.238. The number of para-hydroxylation sites is 2. The van der Waals surface area contributed by atoms with Gasteiger partial charge in [-0.25, -0.2) is 4.98 Å². The van der Waals surface area contributed by atoms with E-state index in [2.05, 4.69) is 10.3 Å². The van der Waals surface area contributed by atoms with Crippen LogP contribution in [0.15, 0.2) is 53.6 Å². The van der Waals surface area contributed by atoms with E-state index in [4.69, 9.17) is 4.74 Å². The molecule has 7 nitrogen and oxygen atoms in total. The van der Waals surface area contributed by atoms with Gasteiger partial charge in [0.05, 0.1) is 34.9 Å². The molecule has 0 aliphatic carbocycles. The normalized spacial score (nSPS) is 11.4. The number of amides is 1. The number of nitrogens with one attached hydrogen (secondary N) is 1. The fourth-order valence-corrected chi connectivity index (χ4v) is 2.95. The highest BCUT2D eigenvalue weighted by atomic mass is 19.4. The van der Waals surface area contributed by atoms with Crippen molar-refractivity contribution in [1.82, 2.24) is 9.55 Å². The molecule has 1 amide bonds. The number of esters is 1. The van der Waals surface area contributed by atoms with Crippen molar-refractivity contribution in [3.05, 3.63) is 70.3 Å². The summed E-state index contributed by atoms with van der Waals surface area (Å²) >= 11 is 0. The minimum atomic E-state index is -4.64. The molecule has 0 fully saturated rings. The van der Waals surface area contributed by atoms with Crippen LogP contribution >= 0.6 is 0 Å². The number of halogens is 3. The maximum Gasteiger partial charge on any atom is 0.418 e. The Morgan fingerprint density at radius 1 is 1.13 bits per heavy atom. The Morgan fingerprint density at radius 2 is 1.87 bits per heavy atom. The molecule has 0 bridgehead atoms. The molecule has 0 saturated heterocycles. The van der Waals surface area contributed by atoms with Crippen LogP contribution < -0.4 is 10.9 Å². The molecule has 0 saturated carbocycles. The van der Waals surface area contributed by atoms with Gasteiger partial charge in [0.15, 0.2) is 6.61 Å². The van der Waals surface area contributed by atoms with Gasteiger partial charge in [-0.05, 0) is 30.7 Å². The first-order valence-corrected chi connectivity index (χ1v) is 9.23. The number of hydrogen-bond donors (Lipinski definition) is 1. The third-order valence-corrected chi connectivity index (χ3v) is 4.48. The molecule has 1 N–H and O–H groups in total. The Hall–Kier alpha value is -3.69. The first kappa shape index (κ1) is 22.0. The van der Waals surface area contributed by atoms with Crippen LogP contribution in [0.25, 0.3) is 10.9 Å². The lowest BCUT2D eigenvalue weighted by atomic mass is 10.1. The molecule has 0 aliphatic rings. The van der Waals surface area contributed by atoms with Crippen molar-refractivity contribution in [2.75, 3.05) is 11.9 Å². The Balaban J connectivity index is 1.56. The number of rotatable bonds is 6. The van der Waals surface area contributed by atoms with Gasteiger partial charge in [0.25, 0.3) is 11.5 Å². The summed E-state index contributed by atoms with van der Waals surface area (Å²) in [5, 5.41) is 2.49. The van der Waals surface area contributed by atoms with Crippen LogP contribution in [0.3, 0.4) is 0 Å². The summed E-state index contributed by atoms with van der Waals surface area (Å²) in [5.74, 6) is -1.69. The van der Waals surface area contributed by atoms with E-state index in [1.54, 1.807) is 12.1 Å². The van der Waals surface area contributed by atoms with Crippen molar-refractivity contribution in [3.63, 3.8) is 0 Å². The van der Waals surface area contributed by atoms with Gasteiger partial charge in [-0.3, -0.25) is 19.0 Å². The molecular formula is C21H18F3N3O4. The van der Waals surface area contributed by atoms with E-state index >= 15 is 0 Å². The highest BCUT2D eigenvalue weighted by Crippen LogP contribution is 2.34. The van der Waals surface area contributed by atoms with Crippen LogP contribution in [-0.4, -0.2) is 28.0 Å². The lowest BCUT2D eigenvalue weighted by Gasteiger charge is -2.13. The standard InChI is InChI=1S/C21H18F3N3O4/c1-13-5-4-6-14-19(13)25-12-27(20(14)30)10-9-18(29)31-11-17(28)26-16-8-3-2-7-15(16)21(22,23)24/h2-8,12H,9-11H2,1H3,(H,26,28). The zero-order chi connectivity index (χ0) is 22.6. The summed E-state index contributed by atoms with van der Waals surface area (Å²) in [7, 11) is 0. The van der Waals surface area contributed by atoms with Gasteiger partial charge in [0, 0.05) is 6.54 Å². The Labute approximate surface area is 174 Å². The minimum absolute atomic E-state index is 0.0208. The molecular weight excluding hydrogens is 415 g/mol. The van der Waals surface area contributed by atoms with Gasteiger partial charge in [-0.2, -0.15) is 13.2 Å². The molecule has 31 heavy (non-hydrogen) atoms. The third-order valence-electron chi connectivity index (χ3n) is 4.48. The first-order valence-electron chi connectivity index (χ1n) is 9.23. The van der Waals surface area contributed by atoms with Crippen molar-refractivity contribution >= 4 is 28.5 Å². The van der Waals surface area contributed by atoms with Crippen LogP contribution in [0.2, 0.25) is 0 Å². The molecule has 1 aromatic heterocycles. The molecule has 2 aromatic carbocycles. The summed E-state index contributed by atoms with van der Waals surface area (Å²) < 4.78 is 44.9. The van der Waals surface area contributed by atoms with Gasteiger partial charge in [-0.1, -0.05) is 24.3 Å². The number of anilines is 1. The highest BCUT2D eigenvalue weighted by molar-refractivity contribution is 5.93. The molecule has 0 radical (unpaired) electrons. The molecule has 3 rings (SSSR count). The lowest BCUT2D eigenvalue weighted by Crippen LogP contribution is -2.25. The van der Waals surface area contributed by atoms with Crippen molar-refractivity contribution < 1.29 is 27.5 Å². The zero-order valence-electron chi connectivity index (χ0n) is 16.4. The molecule has 1 heterocycles. The van der Waals surface area contributed by atoms with Crippen molar-refractivity contribution in [3.8, 4) is 0 Å². The fourth-order valence-electron chi connectivity index (χ4n) is 2.95. The topological polar surface area (TPSA) is 90.3 Å². The quantitative estimate of drug-likeness (QED) is 0.603. The molecule has 0 aliphatic heterocycles. The van der Waals surface area contributed by atoms with Crippen LogP contribution in [0, 0.1) is 6.92 Å². The summed E-state index contributed by atoms with van der Waals surface area (Å²) in [4.78, 5) is 40.5. The smallest absolute Gasteiger partial charge is 0.418 e. The van der Waals surface area contributed by atoms with Crippen molar-refractivity contribution in [2.24, 2.45) is 0 Å². The lowest BCUT2D eigenvalue weighted by molar-refractivity contribution is -0.147. The number of aromatic nitrogens is 2. The van der Waals surface area contributed by atoms with E-state index < -0.39 is 35.9 Å². The van der Waals surface area contributed by atoms with E-state index in [1.165, 1.54) is 23.0 Å². The Morgan fingerprint density at radius 3 is 2.61 bits per heavy atom. The molecule has 3 aromatic rings. The van der Waals surface area contributed by atoms with E-state index in [9.17, 15) is 27.6 Å². The number of nitrogens with zero attached hydrogens (tertiary/aromatic N) is 2. The maximum absolute atomic E-state index is 13.0. The Bertz CT molecular complexity index is 1190. The second-order valence-electron chi connectivity index (χ2n) is 6.72. The number of ether oxygens (including phenoxy) is 1. The van der Waals surface area contributed by atoms with Crippen LogP contribution in [0.5, 0.6) is 0 Å². The first-order chi connectivity index (χ1) is 14.7. The minimum Gasteiger partial charge on any atom is -0.456 e. The number of carbonyl (C=O) groups excluding carboxylic acids is 2. The van der Waals surface area contributed by atoms with Gasteiger partial charge in [0.2, 0.25) is 0 Å². The summed E-state index contributed by atoms with van der Waals surface area (Å²) in [5.41, 5.74) is -0.336. The van der Waals surface area contributed by atoms with Gasteiger partial charge < -0.3 is 10.1 Å². The monoisotopic (exact) mass is 433 g/mol. The Kier molecular flexibility index (Phi) is 6.38. The van der Waals surface area contributed by atoms with Gasteiger partial charge in [0.1, 0.15) is 0 Å². The average molecular weight is 433 g/mol. The van der Waals surface area contributed by atoms with E-state index in [-0.39, 0.29) is 18.5 Å². The molecule has 0 unspecified atom stereocenters. The summed E-state index contributed by atoms with van der Waals surface area (Å²) in [6.07, 6.45) is -3.53. The average Bonchev–Trinajstić information content (AvgIpc) is 2.72. The summed E-state index contributed by atoms with van der Waals surface area (Å²) in [6, 6.07) is 9.66. The predicted octanol–water partition coefficient (Wildman–Crippen LogP) is 3.30. The maximum atomic E-state index is 13.0. The summed E-state index contributed by atoms with van der Waals surface area (Å²) in [6.45, 7) is 1.05. The number of fused-ring (bicyclic) bond motifs is 1. The van der Waals surface area contributed by atoms with Crippen LogP contribution in [0.1, 0.15) is 17.5 Å². The number of alkyl halides is 3. The second-order valence-corrected chi connectivity index (χ2v) is 6.72. The number of benzene rings is 2. The van der Waals surface area contributed by atoms with Gasteiger partial charge in [-0.15, -0.1) is 0 Å². The molecule has 0 atom stereocenters. The number of aryl methyl sites for hydroxylation is 2. The molecule has 162 valence electrons. The largest absolute Gasteiger partial charge is 0.456 e. The zero-order valence-corrected chi connectivity index (χ0v) is 16.4. The third kappa shape index (κ3) is 5.27. The van der Waals surface area contributed by atoms with E-state index in [1.807, 2.05) is 13.0 Å². The molecule has 0 spiro atoms. The van der Waals surface area contributed by atoms with Crippen LogP contribution in [0.4, 0.5) is 18.9 Å². The van der Waals surface area contributed by atoms with Crippen molar-refractivity contribution in [2.45, 2.75) is 26.1 Å². The van der Waals surface area contributed by atoms with Crippen LogP contribution in [-0.2, 0) is 27.0 Å². The van der Waals surface area contributed by atoms with E-state index in [0.717, 1.165) is 17.7 Å². The number of carbonyl (C=O) groups is 2. The second kappa shape index (κ2) is 8.99.